The third-order valence-electron chi connectivity index (χ3n) is 1.50. The van der Waals surface area contributed by atoms with Crippen LogP contribution in [0.15, 0.2) is 18.3 Å². The molecule has 0 aromatic carbocycles. The molecule has 2 aromatic heterocycles. The number of aromatic nitrogens is 3. The molecular weight excluding hydrogens is 189 g/mol. The highest BCUT2D eigenvalue weighted by atomic mass is 32.1. The summed E-state index contributed by atoms with van der Waals surface area (Å²) in [6, 6.07) is 2.95. The van der Waals surface area contributed by atoms with E-state index in [1.807, 2.05) is 6.92 Å². The van der Waals surface area contributed by atoms with Gasteiger partial charge in [0.05, 0.1) is 0 Å². The van der Waals surface area contributed by atoms with E-state index in [1.54, 1.807) is 6.07 Å². The van der Waals surface area contributed by atoms with Gasteiger partial charge in [-0.05, 0) is 19.1 Å². The summed E-state index contributed by atoms with van der Waals surface area (Å²) in [5.41, 5.74) is 0.798. The zero-order valence-corrected chi connectivity index (χ0v) is 7.68. The van der Waals surface area contributed by atoms with Gasteiger partial charge in [-0.25, -0.2) is 4.98 Å². The number of rotatable bonds is 1. The highest BCUT2D eigenvalue weighted by Crippen LogP contribution is 2.21. The predicted molar refractivity (Wildman–Crippen MR) is 47.8 cm³/mol. The SMILES string of the molecule is Cc1nnc(-c2ccc(F)nc2)s1. The zero-order chi connectivity index (χ0) is 9.26. The van der Waals surface area contributed by atoms with Crippen LogP contribution < -0.4 is 0 Å². The van der Waals surface area contributed by atoms with Gasteiger partial charge in [-0.15, -0.1) is 10.2 Å². The minimum Gasteiger partial charge on any atom is -0.228 e. The highest BCUT2D eigenvalue weighted by Gasteiger charge is 2.03. The van der Waals surface area contributed by atoms with Crippen LogP contribution in [0.1, 0.15) is 5.01 Å². The first-order chi connectivity index (χ1) is 6.25. The van der Waals surface area contributed by atoms with E-state index in [1.165, 1.54) is 23.6 Å². The first-order valence-corrected chi connectivity index (χ1v) is 4.49. The Morgan fingerprint density at radius 2 is 2.15 bits per heavy atom. The van der Waals surface area contributed by atoms with E-state index in [9.17, 15) is 4.39 Å². The lowest BCUT2D eigenvalue weighted by molar-refractivity contribution is 0.584. The van der Waals surface area contributed by atoms with Crippen molar-refractivity contribution >= 4 is 11.3 Å². The van der Waals surface area contributed by atoms with Gasteiger partial charge in [-0.3, -0.25) is 0 Å². The third kappa shape index (κ3) is 1.70. The molecule has 5 heteroatoms. The van der Waals surface area contributed by atoms with Crippen LogP contribution in [-0.2, 0) is 0 Å². The third-order valence-corrected chi connectivity index (χ3v) is 2.39. The maximum absolute atomic E-state index is 12.5. The van der Waals surface area contributed by atoms with Crippen LogP contribution in [0.25, 0.3) is 10.6 Å². The van der Waals surface area contributed by atoms with Gasteiger partial charge in [0.25, 0.3) is 0 Å². The first kappa shape index (κ1) is 8.25. The fraction of sp³-hybridized carbons (Fsp3) is 0.125. The van der Waals surface area contributed by atoms with Gasteiger partial charge in [0.1, 0.15) is 10.0 Å². The average molecular weight is 195 g/mol. The Morgan fingerprint density at radius 3 is 2.69 bits per heavy atom. The van der Waals surface area contributed by atoms with E-state index >= 15 is 0 Å². The maximum atomic E-state index is 12.5. The maximum Gasteiger partial charge on any atom is 0.212 e. The van der Waals surface area contributed by atoms with Gasteiger partial charge in [0.2, 0.25) is 5.95 Å². The highest BCUT2D eigenvalue weighted by molar-refractivity contribution is 7.14. The second kappa shape index (κ2) is 3.18. The van der Waals surface area contributed by atoms with Crippen molar-refractivity contribution in [2.75, 3.05) is 0 Å². The Bertz CT molecular complexity index is 410. The molecule has 2 heterocycles. The zero-order valence-electron chi connectivity index (χ0n) is 6.86. The summed E-state index contributed by atoms with van der Waals surface area (Å²) in [6.07, 6.45) is 1.45. The summed E-state index contributed by atoms with van der Waals surface area (Å²) >= 11 is 1.46. The fourth-order valence-electron chi connectivity index (χ4n) is 0.916. The largest absolute Gasteiger partial charge is 0.228 e. The molecule has 0 fully saturated rings. The molecule has 2 rings (SSSR count). The lowest BCUT2D eigenvalue weighted by atomic mass is 10.3. The molecule has 0 N–H and O–H groups in total. The molecule has 0 saturated carbocycles. The summed E-state index contributed by atoms with van der Waals surface area (Å²) in [5, 5.41) is 9.44. The van der Waals surface area contributed by atoms with Crippen molar-refractivity contribution in [3.8, 4) is 10.6 Å². The van der Waals surface area contributed by atoms with Crippen LogP contribution in [0, 0.1) is 12.9 Å². The Kier molecular flexibility index (Phi) is 2.02. The van der Waals surface area contributed by atoms with Crippen LogP contribution in [0.2, 0.25) is 0 Å². The van der Waals surface area contributed by atoms with Crippen molar-refractivity contribution in [1.82, 2.24) is 15.2 Å². The molecule has 0 aliphatic carbocycles. The van der Waals surface area contributed by atoms with Crippen LogP contribution in [-0.4, -0.2) is 15.2 Å². The molecule has 3 nitrogen and oxygen atoms in total. The molecule has 2 aromatic rings. The van der Waals surface area contributed by atoms with E-state index < -0.39 is 5.95 Å². The van der Waals surface area contributed by atoms with Crippen molar-refractivity contribution in [2.24, 2.45) is 0 Å². The molecule has 0 amide bonds. The average Bonchev–Trinajstić information content (AvgIpc) is 2.53. The van der Waals surface area contributed by atoms with Crippen molar-refractivity contribution in [3.05, 3.63) is 29.3 Å². The molecule has 0 saturated heterocycles. The summed E-state index contributed by atoms with van der Waals surface area (Å²) in [5.74, 6) is -0.481. The quantitative estimate of drug-likeness (QED) is 0.653. The number of nitrogens with zero attached hydrogens (tertiary/aromatic N) is 3. The molecule has 0 radical (unpaired) electrons. The van der Waals surface area contributed by atoms with E-state index in [2.05, 4.69) is 15.2 Å². The van der Waals surface area contributed by atoms with Crippen LogP contribution in [0.4, 0.5) is 4.39 Å². The number of hydrogen-bond acceptors (Lipinski definition) is 4. The Hall–Kier alpha value is -1.36. The number of pyridine rings is 1. The van der Waals surface area contributed by atoms with Crippen LogP contribution in [0.3, 0.4) is 0 Å². The van der Waals surface area contributed by atoms with Crippen LogP contribution in [0.5, 0.6) is 0 Å². The van der Waals surface area contributed by atoms with E-state index in [0.29, 0.717) is 0 Å². The van der Waals surface area contributed by atoms with Crippen LogP contribution >= 0.6 is 11.3 Å². The van der Waals surface area contributed by atoms with Gasteiger partial charge >= 0.3 is 0 Å². The fourth-order valence-corrected chi connectivity index (χ4v) is 1.60. The summed E-state index contributed by atoms with van der Waals surface area (Å²) in [6.45, 7) is 1.87. The Morgan fingerprint density at radius 1 is 1.31 bits per heavy atom. The minimum atomic E-state index is -0.481. The molecule has 66 valence electrons. The smallest absolute Gasteiger partial charge is 0.212 e. The lowest BCUT2D eigenvalue weighted by Crippen LogP contribution is -1.82. The monoisotopic (exact) mass is 195 g/mol. The topological polar surface area (TPSA) is 38.7 Å². The Labute approximate surface area is 78.3 Å². The van der Waals surface area contributed by atoms with Gasteiger partial charge in [-0.1, -0.05) is 11.3 Å². The minimum absolute atomic E-state index is 0.481. The van der Waals surface area contributed by atoms with E-state index in [0.717, 1.165) is 15.6 Å². The normalized spacial score (nSPS) is 10.3. The van der Waals surface area contributed by atoms with Gasteiger partial charge in [-0.2, -0.15) is 4.39 Å². The number of halogens is 1. The number of hydrogen-bond donors (Lipinski definition) is 0. The van der Waals surface area contributed by atoms with E-state index in [-0.39, 0.29) is 0 Å². The van der Waals surface area contributed by atoms with E-state index in [4.69, 9.17) is 0 Å². The van der Waals surface area contributed by atoms with Crippen molar-refractivity contribution in [2.45, 2.75) is 6.92 Å². The second-order valence-corrected chi connectivity index (χ2v) is 3.68. The number of aryl methyl sites for hydroxylation is 1. The van der Waals surface area contributed by atoms with Crippen molar-refractivity contribution < 1.29 is 4.39 Å². The summed E-state index contributed by atoms with van der Waals surface area (Å²) in [4.78, 5) is 3.54. The first-order valence-electron chi connectivity index (χ1n) is 3.68. The molecule has 0 aliphatic heterocycles. The standard InChI is InChI=1S/C8H6FN3S/c1-5-11-12-8(13-5)6-2-3-7(9)10-4-6/h2-4H,1H3. The van der Waals surface area contributed by atoms with Gasteiger partial charge in [0.15, 0.2) is 0 Å². The van der Waals surface area contributed by atoms with Crippen molar-refractivity contribution in [3.63, 3.8) is 0 Å². The molecule has 0 atom stereocenters. The molecule has 13 heavy (non-hydrogen) atoms. The molecule has 0 spiro atoms. The predicted octanol–water partition coefficient (Wildman–Crippen LogP) is 2.05. The van der Waals surface area contributed by atoms with Crippen molar-refractivity contribution in [1.29, 1.82) is 0 Å². The molecule has 0 unspecified atom stereocenters. The Balaban J connectivity index is 2.41. The lowest BCUT2D eigenvalue weighted by Gasteiger charge is -1.92. The molecule has 0 aliphatic rings. The van der Waals surface area contributed by atoms with Gasteiger partial charge in [0, 0.05) is 11.8 Å². The molecule has 0 bridgehead atoms. The second-order valence-electron chi connectivity index (χ2n) is 2.50. The van der Waals surface area contributed by atoms with Gasteiger partial charge < -0.3 is 0 Å². The summed E-state index contributed by atoms with van der Waals surface area (Å²) in [7, 11) is 0. The molecular formula is C8H6FN3S. The summed E-state index contributed by atoms with van der Waals surface area (Å²) < 4.78 is 12.5.